The lowest BCUT2D eigenvalue weighted by molar-refractivity contribution is 0.244. The average molecular weight is 378 g/mol. The van der Waals surface area contributed by atoms with Gasteiger partial charge in [0.25, 0.3) is 5.89 Å². The number of fused-ring (bicyclic) bond motifs is 1. The molecular formula is C22H26N4O2. The number of rotatable bonds is 5. The van der Waals surface area contributed by atoms with Gasteiger partial charge in [-0.2, -0.15) is 4.98 Å². The zero-order chi connectivity index (χ0) is 19.8. The Morgan fingerprint density at radius 3 is 2.75 bits per heavy atom. The third kappa shape index (κ3) is 3.36. The molecule has 2 N–H and O–H groups in total. The SMILES string of the molecule is CC(C)Oc1ccc(-c2nc(-c3cccc4c3CC[C@@H]4N(C)C)no2)cc1N. The standard InChI is InChI=1S/C22H26N4O2/c1-13(2)27-20-11-8-14(12-18(20)23)22-24-21(25-28-22)17-7-5-6-16-15(17)9-10-19(16)26(3)4/h5-8,11-13,19H,9-10,23H2,1-4H3/t19-/m0/s1. The fraction of sp³-hybridized carbons (Fsp3) is 0.364. The van der Waals surface area contributed by atoms with Crippen LogP contribution >= 0.6 is 0 Å². The molecule has 0 amide bonds. The molecule has 0 saturated heterocycles. The van der Waals surface area contributed by atoms with E-state index in [4.69, 9.17) is 15.0 Å². The zero-order valence-corrected chi connectivity index (χ0v) is 16.8. The second-order valence-corrected chi connectivity index (χ2v) is 7.73. The van der Waals surface area contributed by atoms with Crippen LogP contribution in [0.3, 0.4) is 0 Å². The lowest BCUT2D eigenvalue weighted by Crippen LogP contribution is -2.17. The Morgan fingerprint density at radius 1 is 1.21 bits per heavy atom. The van der Waals surface area contributed by atoms with Crippen molar-refractivity contribution in [1.82, 2.24) is 15.0 Å². The van der Waals surface area contributed by atoms with E-state index in [2.05, 4.69) is 47.3 Å². The van der Waals surface area contributed by atoms with E-state index in [9.17, 15) is 0 Å². The normalized spacial score (nSPS) is 16.0. The second kappa shape index (κ2) is 7.28. The predicted octanol–water partition coefficient (Wildman–Crippen LogP) is 4.32. The third-order valence-corrected chi connectivity index (χ3v) is 5.15. The highest BCUT2D eigenvalue weighted by Gasteiger charge is 2.27. The van der Waals surface area contributed by atoms with Crippen molar-refractivity contribution in [3.63, 3.8) is 0 Å². The number of aromatic nitrogens is 2. The molecule has 1 aromatic heterocycles. The molecule has 0 saturated carbocycles. The molecule has 1 aliphatic rings. The van der Waals surface area contributed by atoms with Crippen LogP contribution in [0.1, 0.15) is 37.4 Å². The number of nitrogens with zero attached hydrogens (tertiary/aromatic N) is 3. The zero-order valence-electron chi connectivity index (χ0n) is 16.8. The van der Waals surface area contributed by atoms with Crippen LogP contribution in [-0.4, -0.2) is 35.2 Å². The summed E-state index contributed by atoms with van der Waals surface area (Å²) in [4.78, 5) is 6.91. The van der Waals surface area contributed by atoms with Gasteiger partial charge in [-0.1, -0.05) is 23.4 Å². The second-order valence-electron chi connectivity index (χ2n) is 7.73. The Bertz CT molecular complexity index is 994. The monoisotopic (exact) mass is 378 g/mol. The molecule has 0 aliphatic heterocycles. The highest BCUT2D eigenvalue weighted by atomic mass is 16.5. The first-order valence-electron chi connectivity index (χ1n) is 9.63. The van der Waals surface area contributed by atoms with Crippen LogP contribution in [0.25, 0.3) is 22.8 Å². The maximum absolute atomic E-state index is 6.12. The Hall–Kier alpha value is -2.86. The van der Waals surface area contributed by atoms with Crippen molar-refractivity contribution in [2.45, 2.75) is 38.8 Å². The van der Waals surface area contributed by atoms with E-state index in [-0.39, 0.29) is 6.10 Å². The maximum Gasteiger partial charge on any atom is 0.258 e. The summed E-state index contributed by atoms with van der Waals surface area (Å²) in [7, 11) is 4.24. The number of hydrogen-bond donors (Lipinski definition) is 1. The Labute approximate surface area is 165 Å². The largest absolute Gasteiger partial charge is 0.489 e. The van der Waals surface area contributed by atoms with E-state index in [1.807, 2.05) is 32.0 Å². The Balaban J connectivity index is 1.65. The molecular weight excluding hydrogens is 352 g/mol. The maximum atomic E-state index is 6.12. The topological polar surface area (TPSA) is 77.4 Å². The highest BCUT2D eigenvalue weighted by molar-refractivity contribution is 5.69. The summed E-state index contributed by atoms with van der Waals surface area (Å²) in [6.07, 6.45) is 2.19. The van der Waals surface area contributed by atoms with E-state index in [1.54, 1.807) is 0 Å². The van der Waals surface area contributed by atoms with Crippen LogP contribution in [0.15, 0.2) is 40.9 Å². The number of ether oxygens (including phenoxy) is 1. The van der Waals surface area contributed by atoms with E-state index >= 15 is 0 Å². The molecule has 1 aliphatic carbocycles. The van der Waals surface area contributed by atoms with Gasteiger partial charge in [-0.3, -0.25) is 0 Å². The lowest BCUT2D eigenvalue weighted by Gasteiger charge is -2.20. The minimum absolute atomic E-state index is 0.0642. The average Bonchev–Trinajstić information content (AvgIpc) is 3.29. The number of nitrogens with two attached hydrogens (primary N) is 1. The van der Waals surface area contributed by atoms with Gasteiger partial charge in [0, 0.05) is 17.2 Å². The minimum Gasteiger partial charge on any atom is -0.489 e. The van der Waals surface area contributed by atoms with Crippen molar-refractivity contribution in [1.29, 1.82) is 0 Å². The number of nitrogen functional groups attached to an aromatic ring is 1. The van der Waals surface area contributed by atoms with E-state index in [0.717, 1.165) is 24.0 Å². The minimum atomic E-state index is 0.0642. The summed E-state index contributed by atoms with van der Waals surface area (Å²) in [6, 6.07) is 12.3. The van der Waals surface area contributed by atoms with Gasteiger partial charge in [0.05, 0.1) is 11.8 Å². The van der Waals surface area contributed by atoms with Gasteiger partial charge in [0.1, 0.15) is 5.75 Å². The number of anilines is 1. The first-order chi connectivity index (χ1) is 13.4. The molecule has 0 radical (unpaired) electrons. The van der Waals surface area contributed by atoms with Crippen LogP contribution in [0.4, 0.5) is 5.69 Å². The van der Waals surface area contributed by atoms with Crippen molar-refractivity contribution < 1.29 is 9.26 Å². The van der Waals surface area contributed by atoms with Gasteiger partial charge in [0.15, 0.2) is 0 Å². The van der Waals surface area contributed by atoms with Crippen LogP contribution in [0, 0.1) is 0 Å². The quantitative estimate of drug-likeness (QED) is 0.666. The first kappa shape index (κ1) is 18.5. The molecule has 1 atom stereocenters. The molecule has 0 unspecified atom stereocenters. The van der Waals surface area contributed by atoms with Crippen LogP contribution in [0.5, 0.6) is 5.75 Å². The van der Waals surface area contributed by atoms with Crippen molar-refractivity contribution >= 4 is 5.69 Å². The number of hydrogen-bond acceptors (Lipinski definition) is 6. The molecule has 1 heterocycles. The van der Waals surface area contributed by atoms with Crippen molar-refractivity contribution in [3.05, 3.63) is 47.5 Å². The van der Waals surface area contributed by atoms with Gasteiger partial charge >= 0.3 is 0 Å². The third-order valence-electron chi connectivity index (χ3n) is 5.15. The van der Waals surface area contributed by atoms with E-state index < -0.39 is 0 Å². The summed E-state index contributed by atoms with van der Waals surface area (Å²) in [6.45, 7) is 3.94. The molecule has 6 nitrogen and oxygen atoms in total. The summed E-state index contributed by atoms with van der Waals surface area (Å²) in [5.41, 5.74) is 11.2. The molecule has 28 heavy (non-hydrogen) atoms. The summed E-state index contributed by atoms with van der Waals surface area (Å²) in [5, 5.41) is 4.24. The van der Waals surface area contributed by atoms with Gasteiger partial charge < -0.3 is 19.9 Å². The highest BCUT2D eigenvalue weighted by Crippen LogP contribution is 2.39. The van der Waals surface area contributed by atoms with Gasteiger partial charge in [-0.25, -0.2) is 0 Å². The summed E-state index contributed by atoms with van der Waals surface area (Å²) in [5.74, 6) is 1.74. The predicted molar refractivity (Wildman–Crippen MR) is 110 cm³/mol. The molecule has 0 bridgehead atoms. The molecule has 6 heteroatoms. The molecule has 2 aromatic carbocycles. The summed E-state index contributed by atoms with van der Waals surface area (Å²) >= 11 is 0. The summed E-state index contributed by atoms with van der Waals surface area (Å²) < 4.78 is 11.2. The Kier molecular flexibility index (Phi) is 4.81. The van der Waals surface area contributed by atoms with Gasteiger partial charge in [-0.05, 0) is 70.1 Å². The molecule has 4 rings (SSSR count). The van der Waals surface area contributed by atoms with Crippen molar-refractivity contribution in [2.75, 3.05) is 19.8 Å². The van der Waals surface area contributed by atoms with Crippen LogP contribution in [0.2, 0.25) is 0 Å². The van der Waals surface area contributed by atoms with E-state index in [0.29, 0.717) is 29.2 Å². The van der Waals surface area contributed by atoms with Gasteiger partial charge in [-0.15, -0.1) is 0 Å². The van der Waals surface area contributed by atoms with Crippen LogP contribution < -0.4 is 10.5 Å². The Morgan fingerprint density at radius 2 is 2.04 bits per heavy atom. The fourth-order valence-electron chi connectivity index (χ4n) is 3.87. The molecule has 0 spiro atoms. The lowest BCUT2D eigenvalue weighted by atomic mass is 10.0. The smallest absolute Gasteiger partial charge is 0.258 e. The number of benzene rings is 2. The van der Waals surface area contributed by atoms with Crippen molar-refractivity contribution in [2.24, 2.45) is 0 Å². The first-order valence-corrected chi connectivity index (χ1v) is 9.63. The molecule has 146 valence electrons. The molecule has 3 aromatic rings. The van der Waals surface area contributed by atoms with E-state index in [1.165, 1.54) is 11.1 Å². The van der Waals surface area contributed by atoms with Crippen molar-refractivity contribution in [3.8, 4) is 28.6 Å². The fourth-order valence-corrected chi connectivity index (χ4v) is 3.87. The molecule has 0 fully saturated rings. The van der Waals surface area contributed by atoms with Crippen LogP contribution in [-0.2, 0) is 6.42 Å². The van der Waals surface area contributed by atoms with Gasteiger partial charge in [0.2, 0.25) is 5.82 Å².